The number of anilines is 1. The van der Waals surface area contributed by atoms with Gasteiger partial charge in [-0.1, -0.05) is 0 Å². The van der Waals surface area contributed by atoms with E-state index in [0.29, 0.717) is 12.5 Å². The van der Waals surface area contributed by atoms with E-state index >= 15 is 0 Å². The number of methoxy groups -OCH3 is 1. The molecule has 1 aromatic rings. The fraction of sp³-hybridized carbons (Fsp3) is 0.727. The van der Waals surface area contributed by atoms with Gasteiger partial charge in [-0.15, -0.1) is 11.3 Å². The van der Waals surface area contributed by atoms with Gasteiger partial charge in [0.25, 0.3) is 0 Å². The molecule has 1 aliphatic rings. The lowest BCUT2D eigenvalue weighted by molar-refractivity contribution is 0.161. The quantitative estimate of drug-likeness (QED) is 0.865. The van der Waals surface area contributed by atoms with Crippen LogP contribution in [-0.4, -0.2) is 31.8 Å². The zero-order valence-electron chi connectivity index (χ0n) is 9.90. The normalized spacial score (nSPS) is 20.7. The van der Waals surface area contributed by atoms with Crippen LogP contribution in [0, 0.1) is 12.8 Å². The molecule has 0 spiro atoms. The van der Waals surface area contributed by atoms with Gasteiger partial charge in [0.1, 0.15) is 0 Å². The van der Waals surface area contributed by atoms with E-state index in [-0.39, 0.29) is 0 Å². The first kappa shape index (κ1) is 11.8. The molecule has 5 heteroatoms. The van der Waals surface area contributed by atoms with Crippen LogP contribution in [0.25, 0.3) is 0 Å². The molecule has 0 saturated carbocycles. The van der Waals surface area contributed by atoms with Crippen LogP contribution in [-0.2, 0) is 11.3 Å². The van der Waals surface area contributed by atoms with E-state index in [2.05, 4.69) is 9.88 Å². The van der Waals surface area contributed by atoms with E-state index in [1.54, 1.807) is 18.4 Å². The van der Waals surface area contributed by atoms with Crippen molar-refractivity contribution in [2.45, 2.75) is 19.9 Å². The number of aromatic nitrogens is 1. The molecule has 2 heterocycles. The van der Waals surface area contributed by atoms with E-state index in [1.165, 1.54) is 11.3 Å². The first-order chi connectivity index (χ1) is 7.74. The SMILES string of the molecule is COCC1CCN(c2nc(C)c(CN)s2)C1. The topological polar surface area (TPSA) is 51.4 Å². The van der Waals surface area contributed by atoms with Crippen molar-refractivity contribution in [3.63, 3.8) is 0 Å². The number of aryl methyl sites for hydroxylation is 1. The smallest absolute Gasteiger partial charge is 0.185 e. The van der Waals surface area contributed by atoms with Gasteiger partial charge >= 0.3 is 0 Å². The molecule has 0 amide bonds. The summed E-state index contributed by atoms with van der Waals surface area (Å²) in [6, 6.07) is 0. The van der Waals surface area contributed by atoms with Crippen LogP contribution in [0.2, 0.25) is 0 Å². The molecule has 90 valence electrons. The summed E-state index contributed by atoms with van der Waals surface area (Å²) in [5.74, 6) is 0.649. The average molecular weight is 241 g/mol. The summed E-state index contributed by atoms with van der Waals surface area (Å²) in [5.41, 5.74) is 6.75. The highest BCUT2D eigenvalue weighted by Crippen LogP contribution is 2.30. The van der Waals surface area contributed by atoms with Gasteiger partial charge in [-0.05, 0) is 13.3 Å². The van der Waals surface area contributed by atoms with Crippen molar-refractivity contribution in [2.75, 3.05) is 31.7 Å². The van der Waals surface area contributed by atoms with Crippen molar-refractivity contribution >= 4 is 16.5 Å². The Morgan fingerprint density at radius 1 is 1.62 bits per heavy atom. The van der Waals surface area contributed by atoms with Crippen molar-refractivity contribution in [2.24, 2.45) is 11.7 Å². The number of rotatable bonds is 4. The molecule has 1 saturated heterocycles. The van der Waals surface area contributed by atoms with Crippen molar-refractivity contribution in [3.8, 4) is 0 Å². The second kappa shape index (κ2) is 5.12. The summed E-state index contributed by atoms with van der Waals surface area (Å²) in [6.45, 7) is 5.63. The van der Waals surface area contributed by atoms with Gasteiger partial charge in [-0.2, -0.15) is 0 Å². The van der Waals surface area contributed by atoms with Crippen LogP contribution in [0.15, 0.2) is 0 Å². The Hall–Kier alpha value is -0.650. The van der Waals surface area contributed by atoms with E-state index in [4.69, 9.17) is 10.5 Å². The molecule has 0 aromatic carbocycles. The van der Waals surface area contributed by atoms with Gasteiger partial charge in [-0.3, -0.25) is 0 Å². The molecule has 4 nitrogen and oxygen atoms in total. The Labute approximate surface area is 100 Å². The number of ether oxygens (including phenoxy) is 1. The van der Waals surface area contributed by atoms with Crippen LogP contribution in [0.4, 0.5) is 5.13 Å². The zero-order valence-corrected chi connectivity index (χ0v) is 10.7. The molecule has 1 unspecified atom stereocenters. The fourth-order valence-corrected chi connectivity index (χ4v) is 3.09. The highest BCUT2D eigenvalue weighted by atomic mass is 32.1. The maximum absolute atomic E-state index is 5.67. The number of hydrogen-bond acceptors (Lipinski definition) is 5. The largest absolute Gasteiger partial charge is 0.384 e. The minimum absolute atomic E-state index is 0.596. The summed E-state index contributed by atoms with van der Waals surface area (Å²) >= 11 is 1.73. The van der Waals surface area contributed by atoms with Crippen LogP contribution < -0.4 is 10.6 Å². The van der Waals surface area contributed by atoms with Crippen LogP contribution in [0.1, 0.15) is 17.0 Å². The molecular formula is C11H19N3OS. The molecule has 1 fully saturated rings. The highest BCUT2D eigenvalue weighted by Gasteiger charge is 2.24. The first-order valence-corrected chi connectivity index (χ1v) is 6.46. The third-order valence-electron chi connectivity index (χ3n) is 3.03. The minimum Gasteiger partial charge on any atom is -0.384 e. The van der Waals surface area contributed by atoms with Gasteiger partial charge in [-0.25, -0.2) is 4.98 Å². The van der Waals surface area contributed by atoms with Crippen molar-refractivity contribution in [1.82, 2.24) is 4.98 Å². The molecular weight excluding hydrogens is 222 g/mol. The first-order valence-electron chi connectivity index (χ1n) is 5.64. The van der Waals surface area contributed by atoms with E-state index in [0.717, 1.165) is 30.5 Å². The van der Waals surface area contributed by atoms with Gasteiger partial charge in [0, 0.05) is 37.5 Å². The third kappa shape index (κ3) is 2.36. The van der Waals surface area contributed by atoms with Crippen LogP contribution in [0.3, 0.4) is 0 Å². The van der Waals surface area contributed by atoms with Crippen LogP contribution in [0.5, 0.6) is 0 Å². The fourth-order valence-electron chi connectivity index (χ4n) is 2.12. The number of thiazole rings is 1. The minimum atomic E-state index is 0.596. The molecule has 1 atom stereocenters. The average Bonchev–Trinajstić information content (AvgIpc) is 2.85. The van der Waals surface area contributed by atoms with Crippen molar-refractivity contribution < 1.29 is 4.74 Å². The molecule has 0 bridgehead atoms. The molecule has 2 rings (SSSR count). The predicted molar refractivity (Wildman–Crippen MR) is 66.9 cm³/mol. The highest BCUT2D eigenvalue weighted by molar-refractivity contribution is 7.15. The van der Waals surface area contributed by atoms with E-state index < -0.39 is 0 Å². The number of hydrogen-bond donors (Lipinski definition) is 1. The third-order valence-corrected chi connectivity index (χ3v) is 4.27. The molecule has 1 aliphatic heterocycles. The van der Waals surface area contributed by atoms with Crippen molar-refractivity contribution in [3.05, 3.63) is 10.6 Å². The summed E-state index contributed by atoms with van der Waals surface area (Å²) in [6.07, 6.45) is 1.20. The lowest BCUT2D eigenvalue weighted by atomic mass is 10.1. The van der Waals surface area contributed by atoms with Gasteiger partial charge in [0.15, 0.2) is 5.13 Å². The monoisotopic (exact) mass is 241 g/mol. The number of nitrogens with zero attached hydrogens (tertiary/aromatic N) is 2. The molecule has 1 aromatic heterocycles. The molecule has 16 heavy (non-hydrogen) atoms. The predicted octanol–water partition coefficient (Wildman–Crippen LogP) is 1.38. The van der Waals surface area contributed by atoms with E-state index in [1.807, 2.05) is 6.92 Å². The molecule has 0 aliphatic carbocycles. The lowest BCUT2D eigenvalue weighted by Crippen LogP contribution is -2.20. The summed E-state index contributed by atoms with van der Waals surface area (Å²) in [7, 11) is 1.77. The standard InChI is InChI=1S/C11H19N3OS/c1-8-10(5-12)16-11(13-8)14-4-3-9(6-14)7-15-2/h9H,3-7,12H2,1-2H3. The lowest BCUT2D eigenvalue weighted by Gasteiger charge is -2.14. The van der Waals surface area contributed by atoms with E-state index in [9.17, 15) is 0 Å². The summed E-state index contributed by atoms with van der Waals surface area (Å²) in [5, 5.41) is 1.12. The Bertz CT molecular complexity index is 353. The number of nitrogens with two attached hydrogens (primary N) is 1. The van der Waals surface area contributed by atoms with Crippen molar-refractivity contribution in [1.29, 1.82) is 0 Å². The van der Waals surface area contributed by atoms with Gasteiger partial charge < -0.3 is 15.4 Å². The van der Waals surface area contributed by atoms with Gasteiger partial charge in [0.05, 0.1) is 12.3 Å². The molecule has 0 radical (unpaired) electrons. The molecule has 2 N–H and O–H groups in total. The maximum Gasteiger partial charge on any atom is 0.185 e. The second-order valence-electron chi connectivity index (χ2n) is 4.27. The Morgan fingerprint density at radius 3 is 3.06 bits per heavy atom. The Morgan fingerprint density at radius 2 is 2.44 bits per heavy atom. The zero-order chi connectivity index (χ0) is 11.5. The maximum atomic E-state index is 5.67. The van der Waals surface area contributed by atoms with Gasteiger partial charge in [0.2, 0.25) is 0 Å². The van der Waals surface area contributed by atoms with Crippen LogP contribution >= 0.6 is 11.3 Å². The summed E-state index contributed by atoms with van der Waals surface area (Å²) in [4.78, 5) is 8.13. The Kier molecular flexibility index (Phi) is 3.78. The second-order valence-corrected chi connectivity index (χ2v) is 5.33. The Balaban J connectivity index is 2.02. The summed E-state index contributed by atoms with van der Waals surface area (Å²) < 4.78 is 5.20.